The average Bonchev–Trinajstić information content (AvgIpc) is 2.38. The first-order valence-corrected chi connectivity index (χ1v) is 5.24. The van der Waals surface area contributed by atoms with Crippen molar-refractivity contribution in [3.8, 4) is 6.07 Å². The minimum Gasteiger partial charge on any atom is -0.329 e. The van der Waals surface area contributed by atoms with Crippen LogP contribution < -0.4 is 4.90 Å². The Morgan fingerprint density at radius 3 is 2.82 bits per heavy atom. The zero-order valence-corrected chi connectivity index (χ0v) is 9.75. The van der Waals surface area contributed by atoms with Gasteiger partial charge in [0.2, 0.25) is 0 Å². The fourth-order valence-corrected chi connectivity index (χ4v) is 1.55. The first-order chi connectivity index (χ1) is 8.20. The molecule has 0 N–H and O–H groups in total. The topological polar surface area (TPSA) is 52.8 Å². The highest BCUT2D eigenvalue weighted by molar-refractivity contribution is 5.60. The number of benzene rings is 1. The molecule has 0 spiro atoms. The Morgan fingerprint density at radius 1 is 1.29 bits per heavy atom. The molecule has 0 bridgehead atoms. The molecule has 0 aliphatic heterocycles. The van der Waals surface area contributed by atoms with Crippen LogP contribution in [0, 0.1) is 18.3 Å². The van der Waals surface area contributed by atoms with E-state index in [0.29, 0.717) is 5.56 Å². The Balaban J connectivity index is 2.37. The van der Waals surface area contributed by atoms with Crippen molar-refractivity contribution in [2.24, 2.45) is 0 Å². The van der Waals surface area contributed by atoms with Crippen molar-refractivity contribution in [3.63, 3.8) is 0 Å². The van der Waals surface area contributed by atoms with Gasteiger partial charge in [-0.05, 0) is 31.2 Å². The van der Waals surface area contributed by atoms with Gasteiger partial charge in [-0.3, -0.25) is 0 Å². The molecular weight excluding hydrogens is 212 g/mol. The van der Waals surface area contributed by atoms with E-state index in [2.05, 4.69) is 16.0 Å². The second-order valence-electron chi connectivity index (χ2n) is 3.68. The lowest BCUT2D eigenvalue weighted by Crippen LogP contribution is -2.12. The van der Waals surface area contributed by atoms with Gasteiger partial charge >= 0.3 is 0 Å². The van der Waals surface area contributed by atoms with Gasteiger partial charge in [0.1, 0.15) is 11.6 Å². The Morgan fingerprint density at radius 2 is 2.12 bits per heavy atom. The molecule has 2 aromatic rings. The quantitative estimate of drug-likeness (QED) is 0.786. The lowest BCUT2D eigenvalue weighted by molar-refractivity contribution is 1.01. The van der Waals surface area contributed by atoms with Crippen LogP contribution in [0.1, 0.15) is 11.4 Å². The van der Waals surface area contributed by atoms with Crippen molar-refractivity contribution in [1.82, 2.24) is 9.97 Å². The minimum atomic E-state index is 0.639. The number of nitrogens with zero attached hydrogens (tertiary/aromatic N) is 4. The fraction of sp³-hybridized carbons (Fsp3) is 0.154. The third-order valence-electron chi connectivity index (χ3n) is 2.47. The molecule has 4 nitrogen and oxygen atoms in total. The van der Waals surface area contributed by atoms with E-state index in [-0.39, 0.29) is 0 Å². The van der Waals surface area contributed by atoms with E-state index in [1.807, 2.05) is 43.1 Å². The molecule has 0 saturated carbocycles. The van der Waals surface area contributed by atoms with Crippen molar-refractivity contribution in [3.05, 3.63) is 47.9 Å². The molecule has 4 heteroatoms. The van der Waals surface area contributed by atoms with Gasteiger partial charge < -0.3 is 4.90 Å². The smallest absolute Gasteiger partial charge is 0.136 e. The molecule has 0 saturated heterocycles. The van der Waals surface area contributed by atoms with Crippen LogP contribution in [0.25, 0.3) is 0 Å². The van der Waals surface area contributed by atoms with Crippen LogP contribution in [0.3, 0.4) is 0 Å². The highest BCUT2D eigenvalue weighted by Crippen LogP contribution is 2.21. The number of rotatable bonds is 2. The lowest BCUT2D eigenvalue weighted by Gasteiger charge is -2.18. The molecule has 0 amide bonds. The molecule has 17 heavy (non-hydrogen) atoms. The van der Waals surface area contributed by atoms with Crippen molar-refractivity contribution in [2.75, 3.05) is 11.9 Å². The molecule has 0 atom stereocenters. The Hall–Kier alpha value is -2.41. The lowest BCUT2D eigenvalue weighted by atomic mass is 10.2. The molecule has 0 aliphatic carbocycles. The second-order valence-corrected chi connectivity index (χ2v) is 3.68. The molecule has 0 radical (unpaired) electrons. The van der Waals surface area contributed by atoms with Crippen LogP contribution in [-0.2, 0) is 0 Å². The van der Waals surface area contributed by atoms with Gasteiger partial charge in [0.05, 0.1) is 11.6 Å². The van der Waals surface area contributed by atoms with E-state index in [1.165, 1.54) is 0 Å². The zero-order chi connectivity index (χ0) is 12.3. The SMILES string of the molecule is Cc1nccc(N(C)c2cccc(C#N)c2)n1. The largest absolute Gasteiger partial charge is 0.329 e. The van der Waals surface area contributed by atoms with Crippen LogP contribution >= 0.6 is 0 Å². The Bertz CT molecular complexity index is 572. The van der Waals surface area contributed by atoms with Crippen molar-refractivity contribution < 1.29 is 0 Å². The standard InChI is InChI=1S/C13H12N4/c1-10-15-7-6-13(16-10)17(2)12-5-3-4-11(8-12)9-14/h3-8H,1-2H3. The van der Waals surface area contributed by atoms with Crippen molar-refractivity contribution in [1.29, 1.82) is 5.26 Å². The van der Waals surface area contributed by atoms with Crippen LogP contribution in [0.15, 0.2) is 36.5 Å². The Labute approximate surface area is 100 Å². The molecule has 0 aliphatic rings. The van der Waals surface area contributed by atoms with Crippen LogP contribution in [-0.4, -0.2) is 17.0 Å². The molecule has 0 unspecified atom stereocenters. The van der Waals surface area contributed by atoms with Crippen LogP contribution in [0.2, 0.25) is 0 Å². The van der Waals surface area contributed by atoms with Crippen LogP contribution in [0.5, 0.6) is 0 Å². The number of hydrogen-bond acceptors (Lipinski definition) is 4. The summed E-state index contributed by atoms with van der Waals surface area (Å²) in [7, 11) is 1.91. The van der Waals surface area contributed by atoms with E-state index in [9.17, 15) is 0 Å². The third-order valence-corrected chi connectivity index (χ3v) is 2.47. The average molecular weight is 224 g/mol. The number of hydrogen-bond donors (Lipinski definition) is 0. The predicted octanol–water partition coefficient (Wildman–Crippen LogP) is 2.42. The molecule has 0 fully saturated rings. The highest BCUT2D eigenvalue weighted by atomic mass is 15.2. The monoisotopic (exact) mass is 224 g/mol. The summed E-state index contributed by atoms with van der Waals surface area (Å²) < 4.78 is 0. The van der Waals surface area contributed by atoms with E-state index in [1.54, 1.807) is 12.3 Å². The predicted molar refractivity (Wildman–Crippen MR) is 66.0 cm³/mol. The molecule has 1 aromatic carbocycles. The number of anilines is 2. The van der Waals surface area contributed by atoms with Crippen molar-refractivity contribution in [2.45, 2.75) is 6.92 Å². The molecule has 84 valence electrons. The molecule has 1 heterocycles. The minimum absolute atomic E-state index is 0.639. The summed E-state index contributed by atoms with van der Waals surface area (Å²) in [6.07, 6.45) is 1.72. The van der Waals surface area contributed by atoms with Gasteiger partial charge in [0.15, 0.2) is 0 Å². The first kappa shape index (κ1) is 11.1. The van der Waals surface area contributed by atoms with Gasteiger partial charge in [0, 0.05) is 18.9 Å². The number of aromatic nitrogens is 2. The normalized spacial score (nSPS) is 9.71. The van der Waals surface area contributed by atoms with Crippen molar-refractivity contribution >= 4 is 11.5 Å². The highest BCUT2D eigenvalue weighted by Gasteiger charge is 2.06. The zero-order valence-electron chi connectivity index (χ0n) is 9.75. The molecular formula is C13H12N4. The summed E-state index contributed by atoms with van der Waals surface area (Å²) in [5.41, 5.74) is 1.57. The second kappa shape index (κ2) is 4.62. The maximum Gasteiger partial charge on any atom is 0.136 e. The van der Waals surface area contributed by atoms with Gasteiger partial charge in [-0.25, -0.2) is 9.97 Å². The van der Waals surface area contributed by atoms with Gasteiger partial charge in [-0.2, -0.15) is 5.26 Å². The van der Waals surface area contributed by atoms with Gasteiger partial charge in [-0.15, -0.1) is 0 Å². The maximum absolute atomic E-state index is 8.86. The number of aryl methyl sites for hydroxylation is 1. The van der Waals surface area contributed by atoms with E-state index in [4.69, 9.17) is 5.26 Å². The third kappa shape index (κ3) is 2.40. The summed E-state index contributed by atoms with van der Waals surface area (Å²) in [5.74, 6) is 1.54. The van der Waals surface area contributed by atoms with E-state index in [0.717, 1.165) is 17.3 Å². The molecule has 1 aromatic heterocycles. The summed E-state index contributed by atoms with van der Waals surface area (Å²) in [4.78, 5) is 10.3. The first-order valence-electron chi connectivity index (χ1n) is 5.24. The summed E-state index contributed by atoms with van der Waals surface area (Å²) in [6, 6.07) is 11.4. The maximum atomic E-state index is 8.86. The van der Waals surface area contributed by atoms with E-state index >= 15 is 0 Å². The summed E-state index contributed by atoms with van der Waals surface area (Å²) in [6.45, 7) is 1.85. The Kier molecular flexibility index (Phi) is 3.01. The summed E-state index contributed by atoms with van der Waals surface area (Å²) in [5, 5.41) is 8.86. The summed E-state index contributed by atoms with van der Waals surface area (Å²) >= 11 is 0. The van der Waals surface area contributed by atoms with Gasteiger partial charge in [-0.1, -0.05) is 6.07 Å². The number of nitriles is 1. The van der Waals surface area contributed by atoms with E-state index < -0.39 is 0 Å². The van der Waals surface area contributed by atoms with Crippen LogP contribution in [0.4, 0.5) is 11.5 Å². The molecule has 2 rings (SSSR count). The van der Waals surface area contributed by atoms with Gasteiger partial charge in [0.25, 0.3) is 0 Å². The fourth-order valence-electron chi connectivity index (χ4n) is 1.55.